The van der Waals surface area contributed by atoms with E-state index in [0.717, 1.165) is 6.54 Å². The fourth-order valence-electron chi connectivity index (χ4n) is 0.619. The quantitative estimate of drug-likeness (QED) is 0.531. The van der Waals surface area contributed by atoms with Crippen molar-refractivity contribution in [3.05, 3.63) is 36.6 Å². The van der Waals surface area contributed by atoms with Crippen molar-refractivity contribution in [1.82, 2.24) is 5.32 Å². The van der Waals surface area contributed by atoms with Crippen molar-refractivity contribution in [2.75, 3.05) is 6.54 Å². The van der Waals surface area contributed by atoms with E-state index in [1.54, 1.807) is 0 Å². The SMILES string of the molecule is C=CC1=CCNC=C1. The van der Waals surface area contributed by atoms with Crippen LogP contribution in [0, 0.1) is 0 Å². The molecule has 0 aromatic carbocycles. The van der Waals surface area contributed by atoms with E-state index in [4.69, 9.17) is 0 Å². The maximum atomic E-state index is 3.64. The van der Waals surface area contributed by atoms with Gasteiger partial charge in [0.25, 0.3) is 0 Å². The highest BCUT2D eigenvalue weighted by Gasteiger charge is 1.86. The van der Waals surface area contributed by atoms with Gasteiger partial charge in [0.15, 0.2) is 0 Å². The molecule has 0 atom stereocenters. The third-order valence-corrected chi connectivity index (χ3v) is 1.08. The van der Waals surface area contributed by atoms with Gasteiger partial charge in [-0.2, -0.15) is 0 Å². The predicted octanol–water partition coefficient (Wildman–Crippen LogP) is 1.22. The molecule has 1 heteroatoms. The fourth-order valence-corrected chi connectivity index (χ4v) is 0.619. The number of hydrogen-bond donors (Lipinski definition) is 1. The summed E-state index contributed by atoms with van der Waals surface area (Å²) in [6.45, 7) is 4.57. The van der Waals surface area contributed by atoms with Crippen molar-refractivity contribution in [2.24, 2.45) is 0 Å². The molecule has 1 rings (SSSR count). The molecule has 1 aliphatic rings. The molecule has 0 aliphatic carbocycles. The van der Waals surface area contributed by atoms with Crippen LogP contribution in [0.5, 0.6) is 0 Å². The van der Waals surface area contributed by atoms with Crippen molar-refractivity contribution in [3.8, 4) is 0 Å². The minimum Gasteiger partial charge on any atom is -0.387 e. The van der Waals surface area contributed by atoms with E-state index in [1.807, 2.05) is 18.4 Å². The van der Waals surface area contributed by atoms with Crippen molar-refractivity contribution in [3.63, 3.8) is 0 Å². The molecule has 1 aliphatic heterocycles. The zero-order valence-electron chi connectivity index (χ0n) is 4.72. The van der Waals surface area contributed by atoms with Crippen LogP contribution in [0.3, 0.4) is 0 Å². The van der Waals surface area contributed by atoms with Gasteiger partial charge in [-0.1, -0.05) is 18.7 Å². The molecule has 0 fully saturated rings. The number of allylic oxidation sites excluding steroid dienone is 3. The van der Waals surface area contributed by atoms with Gasteiger partial charge >= 0.3 is 0 Å². The second kappa shape index (κ2) is 2.36. The Hall–Kier alpha value is -0.980. The number of hydrogen-bond acceptors (Lipinski definition) is 1. The smallest absolute Gasteiger partial charge is 0.0334 e. The van der Waals surface area contributed by atoms with E-state index in [9.17, 15) is 0 Å². The summed E-state index contributed by atoms with van der Waals surface area (Å²) in [6, 6.07) is 0. The van der Waals surface area contributed by atoms with E-state index in [0.29, 0.717) is 0 Å². The lowest BCUT2D eigenvalue weighted by molar-refractivity contribution is 0.964. The summed E-state index contributed by atoms with van der Waals surface area (Å²) in [4.78, 5) is 0. The zero-order chi connectivity index (χ0) is 5.82. The lowest BCUT2D eigenvalue weighted by Gasteiger charge is -2.01. The number of rotatable bonds is 1. The first-order chi connectivity index (χ1) is 3.93. The Balaban J connectivity index is 2.64. The molecule has 0 spiro atoms. The van der Waals surface area contributed by atoms with Crippen LogP contribution in [-0.2, 0) is 0 Å². The highest BCUT2D eigenvalue weighted by Crippen LogP contribution is 1.98. The molecule has 1 nitrogen and oxygen atoms in total. The van der Waals surface area contributed by atoms with Crippen LogP contribution in [-0.4, -0.2) is 6.54 Å². The van der Waals surface area contributed by atoms with Crippen LogP contribution in [0.1, 0.15) is 0 Å². The Morgan fingerprint density at radius 3 is 3.00 bits per heavy atom. The summed E-state index contributed by atoms with van der Waals surface area (Å²) in [7, 11) is 0. The Kier molecular flexibility index (Phi) is 1.52. The molecule has 0 saturated heterocycles. The molecule has 0 aromatic rings. The predicted molar refractivity (Wildman–Crippen MR) is 35.4 cm³/mol. The van der Waals surface area contributed by atoms with E-state index < -0.39 is 0 Å². The van der Waals surface area contributed by atoms with Gasteiger partial charge in [-0.05, 0) is 17.8 Å². The van der Waals surface area contributed by atoms with Gasteiger partial charge in [-0.25, -0.2) is 0 Å². The normalized spacial score (nSPS) is 16.8. The molecule has 1 heterocycles. The summed E-state index contributed by atoms with van der Waals surface area (Å²) in [5, 5.41) is 3.04. The van der Waals surface area contributed by atoms with Crippen molar-refractivity contribution in [2.45, 2.75) is 0 Å². The van der Waals surface area contributed by atoms with Crippen molar-refractivity contribution < 1.29 is 0 Å². The van der Waals surface area contributed by atoms with Gasteiger partial charge in [0.2, 0.25) is 0 Å². The van der Waals surface area contributed by atoms with Gasteiger partial charge in [0.1, 0.15) is 0 Å². The largest absolute Gasteiger partial charge is 0.387 e. The average Bonchev–Trinajstić information content (AvgIpc) is 1.90. The Labute approximate surface area is 49.4 Å². The van der Waals surface area contributed by atoms with Gasteiger partial charge in [-0.3, -0.25) is 0 Å². The molecule has 0 radical (unpaired) electrons. The summed E-state index contributed by atoms with van der Waals surface area (Å²) >= 11 is 0. The Morgan fingerprint density at radius 2 is 2.62 bits per heavy atom. The van der Waals surface area contributed by atoms with Gasteiger partial charge < -0.3 is 5.32 Å². The average molecular weight is 107 g/mol. The van der Waals surface area contributed by atoms with Crippen molar-refractivity contribution >= 4 is 0 Å². The monoisotopic (exact) mass is 107 g/mol. The van der Waals surface area contributed by atoms with Crippen molar-refractivity contribution in [1.29, 1.82) is 0 Å². The fraction of sp³-hybridized carbons (Fsp3) is 0.143. The standard InChI is InChI=1S/C7H9N/c1-2-7-3-5-8-6-4-7/h2-5,8H,1,6H2. The molecular weight excluding hydrogens is 98.1 g/mol. The molecule has 42 valence electrons. The minimum absolute atomic E-state index is 0.928. The summed E-state index contributed by atoms with van der Waals surface area (Å²) in [5.41, 5.74) is 1.20. The maximum absolute atomic E-state index is 3.64. The van der Waals surface area contributed by atoms with Crippen LogP contribution in [0.15, 0.2) is 36.6 Å². The van der Waals surface area contributed by atoms with E-state index >= 15 is 0 Å². The summed E-state index contributed by atoms with van der Waals surface area (Å²) in [6.07, 6.45) is 7.86. The van der Waals surface area contributed by atoms with Crippen LogP contribution in [0.25, 0.3) is 0 Å². The van der Waals surface area contributed by atoms with Gasteiger partial charge in [-0.15, -0.1) is 0 Å². The highest BCUT2D eigenvalue weighted by molar-refractivity contribution is 5.31. The second-order valence-electron chi connectivity index (χ2n) is 1.65. The van der Waals surface area contributed by atoms with Crippen LogP contribution >= 0.6 is 0 Å². The molecule has 8 heavy (non-hydrogen) atoms. The summed E-state index contributed by atoms with van der Waals surface area (Å²) in [5.74, 6) is 0. The van der Waals surface area contributed by atoms with E-state index in [2.05, 4.69) is 18.0 Å². The first kappa shape index (κ1) is 5.16. The first-order valence-electron chi connectivity index (χ1n) is 2.66. The second-order valence-corrected chi connectivity index (χ2v) is 1.65. The van der Waals surface area contributed by atoms with Crippen LogP contribution in [0.2, 0.25) is 0 Å². The van der Waals surface area contributed by atoms with Gasteiger partial charge in [0.05, 0.1) is 0 Å². The molecule has 0 unspecified atom stereocenters. The minimum atomic E-state index is 0.928. The number of dihydropyridines is 1. The first-order valence-corrected chi connectivity index (χ1v) is 2.66. The molecular formula is C7H9N. The highest BCUT2D eigenvalue weighted by atomic mass is 14.8. The van der Waals surface area contributed by atoms with Gasteiger partial charge in [0, 0.05) is 6.54 Å². The molecule has 1 N–H and O–H groups in total. The van der Waals surface area contributed by atoms with E-state index in [1.165, 1.54) is 5.57 Å². The molecule has 0 amide bonds. The van der Waals surface area contributed by atoms with Crippen LogP contribution < -0.4 is 5.32 Å². The molecule has 0 bridgehead atoms. The maximum Gasteiger partial charge on any atom is 0.0334 e. The lowest BCUT2D eigenvalue weighted by Crippen LogP contribution is -2.07. The summed E-state index contributed by atoms with van der Waals surface area (Å²) < 4.78 is 0. The number of nitrogens with one attached hydrogen (secondary N) is 1. The third kappa shape index (κ3) is 0.997. The molecule has 0 aromatic heterocycles. The van der Waals surface area contributed by atoms with Crippen LogP contribution in [0.4, 0.5) is 0 Å². The lowest BCUT2D eigenvalue weighted by atomic mass is 10.2. The third-order valence-electron chi connectivity index (χ3n) is 1.08. The van der Waals surface area contributed by atoms with E-state index in [-0.39, 0.29) is 0 Å². The topological polar surface area (TPSA) is 12.0 Å². The Bertz CT molecular complexity index is 142. The molecule has 0 saturated carbocycles. The Morgan fingerprint density at radius 1 is 1.75 bits per heavy atom. The zero-order valence-corrected chi connectivity index (χ0v) is 4.72.